The summed E-state index contributed by atoms with van der Waals surface area (Å²) in [4.78, 5) is 31.6. The Labute approximate surface area is 821 Å². The normalized spacial score (nSPS) is 15.3. The van der Waals surface area contributed by atoms with Crippen LogP contribution in [0.25, 0.3) is 216 Å². The van der Waals surface area contributed by atoms with Crippen LogP contribution < -0.4 is 47.7 Å². The number of rotatable bonds is 10. The zero-order valence-corrected chi connectivity index (χ0v) is 79.5. The highest BCUT2D eigenvalue weighted by Gasteiger charge is 2.47. The van der Waals surface area contributed by atoms with Crippen molar-refractivity contribution in [1.29, 1.82) is 0 Å². The molecule has 6 aromatic heterocycles. The van der Waals surface area contributed by atoms with Crippen LogP contribution in [-0.4, -0.2) is 43.6 Å². The van der Waals surface area contributed by atoms with E-state index in [0.717, 1.165) is 235 Å². The topological polar surface area (TPSA) is 143 Å². The maximum absolute atomic E-state index is 15.8. The number of fused-ring (bicyclic) bond motifs is 26. The number of benzene rings is 21. The molecule has 27 aromatic rings. The quantitative estimate of drug-likeness (QED) is 0.122. The summed E-state index contributed by atoms with van der Waals surface area (Å²) in [5, 5.41) is 21.6. The van der Waals surface area contributed by atoms with Gasteiger partial charge < -0.3 is 13.7 Å². The zero-order valence-electron chi connectivity index (χ0n) is 76.8. The maximum Gasteiger partial charge on any atom is 0.235 e. The van der Waals surface area contributed by atoms with Crippen molar-refractivity contribution in [3.63, 3.8) is 0 Å². The molecule has 670 valence electrons. The molecule has 21 aromatic carbocycles. The molecule has 0 radical (unpaired) electrons. The Balaban J connectivity index is 0.000000105. The Kier molecular flexibility index (Phi) is 19.2. The molecular formula is C128H80N9O3P3. The van der Waals surface area contributed by atoms with Crippen molar-refractivity contribution in [3.8, 4) is 96.1 Å². The van der Waals surface area contributed by atoms with Crippen molar-refractivity contribution < 1.29 is 13.7 Å². The van der Waals surface area contributed by atoms with Crippen LogP contribution in [0.1, 0.15) is 0 Å². The van der Waals surface area contributed by atoms with Crippen molar-refractivity contribution in [2.75, 3.05) is 0 Å². The molecule has 0 bridgehead atoms. The van der Waals surface area contributed by atoms with E-state index in [-0.39, 0.29) is 0 Å². The van der Waals surface area contributed by atoms with E-state index in [1.54, 1.807) is 0 Å². The van der Waals surface area contributed by atoms with Crippen LogP contribution in [0.4, 0.5) is 0 Å². The van der Waals surface area contributed by atoms with Gasteiger partial charge in [0.15, 0.2) is 21.4 Å². The van der Waals surface area contributed by atoms with Gasteiger partial charge in [0.25, 0.3) is 0 Å². The molecule has 3 aliphatic rings. The Morgan fingerprint density at radius 1 is 0.175 bits per heavy atom. The summed E-state index contributed by atoms with van der Waals surface area (Å²) in [5.74, 6) is 1.75. The molecule has 3 aliphatic heterocycles. The first kappa shape index (κ1) is 83.4. The number of hydrogen-bond acceptors (Lipinski definition) is 9. The fourth-order valence-corrected chi connectivity index (χ4v) is 32.6. The van der Waals surface area contributed by atoms with Gasteiger partial charge in [-0.15, -0.1) is 0 Å². The average Bonchev–Trinajstić information content (AvgIpc) is 1.53. The van der Waals surface area contributed by atoms with Gasteiger partial charge in [-0.05, 0) is 127 Å². The second kappa shape index (κ2) is 33.0. The molecule has 0 amide bonds. The van der Waals surface area contributed by atoms with E-state index in [4.69, 9.17) is 29.9 Å². The first-order valence-corrected chi connectivity index (χ1v) is 53.2. The third kappa shape index (κ3) is 12.8. The predicted molar refractivity (Wildman–Crippen MR) is 594 cm³/mol. The molecule has 0 fully saturated rings. The maximum atomic E-state index is 15.8. The van der Waals surface area contributed by atoms with Crippen LogP contribution in [-0.2, 0) is 13.7 Å². The summed E-state index contributed by atoms with van der Waals surface area (Å²) < 4.78 is 53.7. The van der Waals surface area contributed by atoms with Gasteiger partial charge in [0.05, 0.1) is 66.7 Å². The number of para-hydroxylation sites is 6. The predicted octanol–water partition coefficient (Wildman–Crippen LogP) is 28.0. The first-order chi connectivity index (χ1) is 70.6. The lowest BCUT2D eigenvalue weighted by molar-refractivity contribution is 0.592. The van der Waals surface area contributed by atoms with Gasteiger partial charge in [-0.25, -0.2) is 29.9 Å². The largest absolute Gasteiger partial charge is 0.309 e. The lowest BCUT2D eigenvalue weighted by Crippen LogP contribution is -2.21. The van der Waals surface area contributed by atoms with Gasteiger partial charge in [0.2, 0.25) is 17.8 Å². The lowest BCUT2D eigenvalue weighted by atomic mass is 9.99. The smallest absolute Gasteiger partial charge is 0.235 e. The molecule has 3 unspecified atom stereocenters. The van der Waals surface area contributed by atoms with Crippen molar-refractivity contribution >= 4 is 189 Å². The van der Waals surface area contributed by atoms with Crippen molar-refractivity contribution in [1.82, 2.24) is 43.6 Å². The van der Waals surface area contributed by atoms with Crippen LogP contribution in [0.3, 0.4) is 0 Å². The van der Waals surface area contributed by atoms with E-state index in [2.05, 4.69) is 299 Å². The van der Waals surface area contributed by atoms with E-state index in [1.807, 2.05) is 200 Å². The number of aromatic nitrogens is 9. The molecule has 3 atom stereocenters. The third-order valence-electron chi connectivity index (χ3n) is 29.0. The van der Waals surface area contributed by atoms with Gasteiger partial charge in [0, 0.05) is 113 Å². The second-order valence-corrected chi connectivity index (χ2v) is 44.7. The first-order valence-electron chi connectivity index (χ1n) is 48.0. The van der Waals surface area contributed by atoms with Gasteiger partial charge in [-0.1, -0.05) is 425 Å². The monoisotopic (exact) mass is 1880 g/mol. The van der Waals surface area contributed by atoms with E-state index >= 15 is 13.7 Å². The fourth-order valence-electron chi connectivity index (χ4n) is 22.8. The molecule has 30 rings (SSSR count). The third-order valence-corrected chi connectivity index (χ3v) is 38.6. The molecule has 0 saturated heterocycles. The number of nitrogens with zero attached hydrogens (tertiary/aromatic N) is 9. The second-order valence-electron chi connectivity index (χ2n) is 36.7. The summed E-state index contributed by atoms with van der Waals surface area (Å²) in [5.41, 5.74) is 22.6. The molecule has 0 N–H and O–H groups in total. The highest BCUT2D eigenvalue weighted by atomic mass is 31.2. The molecule has 9 heterocycles. The molecule has 0 saturated carbocycles. The van der Waals surface area contributed by atoms with Crippen LogP contribution in [0, 0.1) is 0 Å². The van der Waals surface area contributed by atoms with Crippen LogP contribution in [0.5, 0.6) is 0 Å². The van der Waals surface area contributed by atoms with Crippen LogP contribution >= 0.6 is 21.4 Å². The summed E-state index contributed by atoms with van der Waals surface area (Å²) >= 11 is 0. The van der Waals surface area contributed by atoms with Crippen molar-refractivity contribution in [2.45, 2.75) is 0 Å². The van der Waals surface area contributed by atoms with Crippen molar-refractivity contribution in [3.05, 3.63) is 485 Å². The highest BCUT2D eigenvalue weighted by molar-refractivity contribution is 7.88. The van der Waals surface area contributed by atoms with E-state index < -0.39 is 21.4 Å². The molecular weight excluding hydrogens is 1800 g/mol. The SMILES string of the molecule is O=P1(c2ccccc2)c2ccccc2-c2ccc3c(c21)c1ccccc1n3-c1nc(-c2ccc(-c3ccccc3)cc2)c2ccccc2n1.O=P1(c2ccccc2)c2ccccc2-c2ccc3c(c21)c1ccccc1n3-c1nc(-c2ccc3ccccc3c2)c2ccccc2n1.O=P1(c2ccccc2)c2ccccc2-c2ccc3c(c21)c1ccccc1n3-c1nc(-c2cccc3ccccc23)c2ccccc2n1. The van der Waals surface area contributed by atoms with E-state index in [0.29, 0.717) is 17.8 Å². The van der Waals surface area contributed by atoms with Gasteiger partial charge in [-0.2, -0.15) is 0 Å². The molecule has 143 heavy (non-hydrogen) atoms. The van der Waals surface area contributed by atoms with Gasteiger partial charge in [0.1, 0.15) is 0 Å². The van der Waals surface area contributed by atoms with Gasteiger partial charge >= 0.3 is 0 Å². The summed E-state index contributed by atoms with van der Waals surface area (Å²) in [6.07, 6.45) is 0. The molecule has 0 aliphatic carbocycles. The molecule has 0 spiro atoms. The van der Waals surface area contributed by atoms with Crippen LogP contribution in [0.15, 0.2) is 485 Å². The minimum Gasteiger partial charge on any atom is -0.309 e. The molecule has 15 heteroatoms. The summed E-state index contributed by atoms with van der Waals surface area (Å²) in [6.45, 7) is 0. The number of hydrogen-bond donors (Lipinski definition) is 0. The standard InChI is InChI=1S/C44H28N3OP.2C42H26N3OP/c48-49(32-15-5-2-6-16-32)40-22-12-9-17-33(40)34-27-28-39-41(43(34)49)36-19-8-11-21-38(36)47(39)44-45-37-20-10-7-18-35(37)42(46-44)31-25-23-30(24-26-31)29-13-3-1-4-14-29;46-47(28-15-2-1-3-16-28)38-24-11-8-18-30(38)32-25-26-37-39(41(32)47)34-20-7-10-23-36(34)45(37)42-43-35-22-9-6-19-33(35)40(44-42)31-21-12-14-27-13-4-5-17-29(27)31;46-47(30-14-2-1-3-15-30)38-21-11-8-16-31(38)32-24-25-37-39(41(32)47)34-18-7-10-20-36(34)45(37)42-43-35-19-9-6-17-33(35)40(44-42)29-23-22-27-12-4-5-13-28(27)26-29/h1-28H;2*1-26H. The Morgan fingerprint density at radius 2 is 0.469 bits per heavy atom. The average molecular weight is 1890 g/mol. The Hall–Kier alpha value is -17.8. The Bertz CT molecular complexity index is 10200. The van der Waals surface area contributed by atoms with E-state index in [9.17, 15) is 0 Å². The van der Waals surface area contributed by atoms with Gasteiger partial charge in [-0.3, -0.25) is 13.7 Å². The molecule has 12 nitrogen and oxygen atoms in total. The zero-order chi connectivity index (χ0) is 94.8. The summed E-state index contributed by atoms with van der Waals surface area (Å²) in [6, 6.07) is 166. The fraction of sp³-hybridized carbons (Fsp3) is 0. The Morgan fingerprint density at radius 3 is 0.895 bits per heavy atom. The summed E-state index contributed by atoms with van der Waals surface area (Å²) in [7, 11) is -9.62. The van der Waals surface area contributed by atoms with Crippen molar-refractivity contribution in [2.24, 2.45) is 0 Å². The van der Waals surface area contributed by atoms with E-state index in [1.165, 1.54) is 10.9 Å². The minimum absolute atomic E-state index is 0.581. The lowest BCUT2D eigenvalue weighted by Gasteiger charge is -2.17. The minimum atomic E-state index is -3.21. The van der Waals surface area contributed by atoms with Crippen LogP contribution in [0.2, 0.25) is 0 Å². The highest BCUT2D eigenvalue weighted by Crippen LogP contribution is 2.59.